The molecule has 1 heterocycles. The summed E-state index contributed by atoms with van der Waals surface area (Å²) in [5, 5.41) is 9.48. The number of ketones is 2. The van der Waals surface area contributed by atoms with Crippen molar-refractivity contribution in [1.82, 2.24) is 4.57 Å². The summed E-state index contributed by atoms with van der Waals surface area (Å²) in [4.78, 5) is 36.6. The molecule has 0 radical (unpaired) electrons. The molecule has 2 aromatic carbocycles. The molecule has 0 bridgehead atoms. The fourth-order valence-electron chi connectivity index (χ4n) is 3.43. The van der Waals surface area contributed by atoms with Crippen molar-refractivity contribution in [3.63, 3.8) is 0 Å². The lowest BCUT2D eigenvalue weighted by atomic mass is 9.91. The molecule has 0 aliphatic heterocycles. The van der Waals surface area contributed by atoms with Crippen LogP contribution in [0.4, 0.5) is 0 Å². The number of aliphatic carboxylic acids is 1. The number of aromatic nitrogens is 1. The molecule has 0 saturated heterocycles. The van der Waals surface area contributed by atoms with Gasteiger partial charge in [0.15, 0.2) is 11.6 Å². The lowest BCUT2D eigenvalue weighted by molar-refractivity contribution is -0.136. The van der Waals surface area contributed by atoms with Crippen LogP contribution >= 0.6 is 0 Å². The van der Waals surface area contributed by atoms with Crippen LogP contribution in [0.3, 0.4) is 0 Å². The minimum Gasteiger partial charge on any atom is -0.497 e. The first-order valence-corrected chi connectivity index (χ1v) is 10.8. The van der Waals surface area contributed by atoms with Gasteiger partial charge in [0, 0.05) is 40.6 Å². The number of nitrogens with zero attached hydrogens (tertiary/aromatic N) is 1. The zero-order valence-electron chi connectivity index (χ0n) is 19.4. The minimum atomic E-state index is -0.832. The maximum atomic E-state index is 13.3. The van der Waals surface area contributed by atoms with Gasteiger partial charge in [-0.1, -0.05) is 57.2 Å². The highest BCUT2D eigenvalue weighted by molar-refractivity contribution is 6.16. The summed E-state index contributed by atoms with van der Waals surface area (Å²) < 4.78 is 7.17. The Hall–Kier alpha value is -3.67. The topological polar surface area (TPSA) is 85.6 Å². The van der Waals surface area contributed by atoms with Crippen molar-refractivity contribution in [3.05, 3.63) is 71.4 Å². The van der Waals surface area contributed by atoms with Gasteiger partial charge in [-0.05, 0) is 24.1 Å². The number of Topliss-reactive ketones (excluding diaryl/α,β-unsaturated/α-hetero) is 1. The van der Waals surface area contributed by atoms with Crippen molar-refractivity contribution in [3.8, 4) is 5.75 Å². The summed E-state index contributed by atoms with van der Waals surface area (Å²) >= 11 is 0. The van der Waals surface area contributed by atoms with E-state index >= 15 is 0 Å². The Morgan fingerprint density at radius 1 is 1.06 bits per heavy atom. The minimum absolute atomic E-state index is 0.0697. The monoisotopic (exact) mass is 447 g/mol. The number of hydrogen-bond acceptors (Lipinski definition) is 4. The lowest BCUT2D eigenvalue weighted by Crippen LogP contribution is -2.24. The highest BCUT2D eigenvalue weighted by Crippen LogP contribution is 2.29. The molecule has 6 nitrogen and oxygen atoms in total. The number of fused-ring (bicyclic) bond motifs is 1. The average Bonchev–Trinajstić information content (AvgIpc) is 3.13. The lowest BCUT2D eigenvalue weighted by Gasteiger charge is -2.17. The second-order valence-electron chi connectivity index (χ2n) is 9.01. The number of carboxylic acids is 1. The van der Waals surface area contributed by atoms with Gasteiger partial charge in [-0.15, -0.1) is 0 Å². The molecule has 0 fully saturated rings. The smallest absolute Gasteiger partial charge is 0.303 e. The number of carbonyl (C=O) groups excluding carboxylic acids is 2. The maximum absolute atomic E-state index is 13.3. The number of allylic oxidation sites excluding steroid dienone is 1. The molecule has 3 aromatic rings. The molecule has 6 heteroatoms. The predicted octanol–water partition coefficient (Wildman–Crippen LogP) is 5.37. The Labute approximate surface area is 193 Å². The Bertz CT molecular complexity index is 1210. The molecule has 0 spiro atoms. The van der Waals surface area contributed by atoms with Gasteiger partial charge in [-0.2, -0.15) is 0 Å². The molecule has 0 unspecified atom stereocenters. The Morgan fingerprint density at radius 3 is 2.36 bits per heavy atom. The van der Waals surface area contributed by atoms with E-state index in [2.05, 4.69) is 0 Å². The van der Waals surface area contributed by atoms with Crippen molar-refractivity contribution in [2.24, 2.45) is 5.41 Å². The maximum Gasteiger partial charge on any atom is 0.303 e. The molecule has 3 rings (SSSR count). The second-order valence-corrected chi connectivity index (χ2v) is 9.01. The molecular formula is C27H29NO5. The van der Waals surface area contributed by atoms with Gasteiger partial charge in [0.2, 0.25) is 0 Å². The van der Waals surface area contributed by atoms with Crippen LogP contribution in [0, 0.1) is 5.41 Å². The van der Waals surface area contributed by atoms with E-state index in [1.807, 2.05) is 55.7 Å². The molecule has 0 saturated carbocycles. The molecular weight excluding hydrogens is 418 g/mol. The van der Waals surface area contributed by atoms with Crippen molar-refractivity contribution in [1.29, 1.82) is 0 Å². The van der Waals surface area contributed by atoms with Crippen LogP contribution in [-0.4, -0.2) is 34.3 Å². The predicted molar refractivity (Wildman–Crippen MR) is 129 cm³/mol. The number of hydrogen-bond donors (Lipinski definition) is 1. The van der Waals surface area contributed by atoms with Gasteiger partial charge in [-0.25, -0.2) is 0 Å². The number of ether oxygens (including phenoxy) is 1. The van der Waals surface area contributed by atoms with E-state index in [-0.39, 0.29) is 24.5 Å². The number of carbonyl (C=O) groups is 3. The number of carboxylic acid groups (broad SMARTS) is 1. The van der Waals surface area contributed by atoms with Crippen molar-refractivity contribution < 1.29 is 24.2 Å². The van der Waals surface area contributed by atoms with Gasteiger partial charge in [-0.3, -0.25) is 14.4 Å². The van der Waals surface area contributed by atoms with E-state index in [0.717, 1.165) is 16.5 Å². The summed E-state index contributed by atoms with van der Waals surface area (Å²) in [6.45, 7) is 5.81. The van der Waals surface area contributed by atoms with E-state index in [1.165, 1.54) is 0 Å². The molecule has 1 N–H and O–H groups in total. The van der Waals surface area contributed by atoms with E-state index in [9.17, 15) is 14.4 Å². The van der Waals surface area contributed by atoms with Gasteiger partial charge >= 0.3 is 5.97 Å². The highest BCUT2D eigenvalue weighted by Gasteiger charge is 2.24. The third-order valence-electron chi connectivity index (χ3n) is 5.49. The number of methoxy groups -OCH3 is 1. The van der Waals surface area contributed by atoms with E-state index in [1.54, 1.807) is 37.6 Å². The summed E-state index contributed by atoms with van der Waals surface area (Å²) in [5.41, 5.74) is 2.23. The van der Waals surface area contributed by atoms with Crippen LogP contribution in [-0.2, 0) is 16.1 Å². The first kappa shape index (κ1) is 24.0. The van der Waals surface area contributed by atoms with Gasteiger partial charge in [0.25, 0.3) is 0 Å². The first-order valence-electron chi connectivity index (χ1n) is 10.8. The SMILES string of the molecule is COc1ccc2c(C(=O)c3ccc(/C=C/CCC(=O)O)cc3)cn(CC(=O)C(C)(C)C)c2c1. The molecule has 33 heavy (non-hydrogen) atoms. The van der Waals surface area contributed by atoms with Crippen LogP contribution < -0.4 is 4.74 Å². The third-order valence-corrected chi connectivity index (χ3v) is 5.49. The van der Waals surface area contributed by atoms with Crippen LogP contribution in [0.1, 0.15) is 55.1 Å². The molecule has 0 aliphatic rings. The van der Waals surface area contributed by atoms with E-state index in [4.69, 9.17) is 9.84 Å². The first-order chi connectivity index (χ1) is 15.6. The summed E-state index contributed by atoms with van der Waals surface area (Å²) in [5.74, 6) is -0.238. The van der Waals surface area contributed by atoms with E-state index < -0.39 is 11.4 Å². The Balaban J connectivity index is 1.92. The zero-order valence-corrected chi connectivity index (χ0v) is 19.4. The van der Waals surface area contributed by atoms with Gasteiger partial charge in [0.1, 0.15) is 5.75 Å². The van der Waals surface area contributed by atoms with Crippen LogP contribution in [0.15, 0.2) is 54.7 Å². The van der Waals surface area contributed by atoms with Crippen LogP contribution in [0.2, 0.25) is 0 Å². The fourth-order valence-corrected chi connectivity index (χ4v) is 3.43. The summed E-state index contributed by atoms with van der Waals surface area (Å²) in [7, 11) is 1.58. The summed E-state index contributed by atoms with van der Waals surface area (Å²) in [6.07, 6.45) is 5.92. The average molecular weight is 448 g/mol. The normalized spacial score (nSPS) is 11.8. The second kappa shape index (κ2) is 9.86. The summed E-state index contributed by atoms with van der Waals surface area (Å²) in [6, 6.07) is 12.7. The zero-order chi connectivity index (χ0) is 24.2. The highest BCUT2D eigenvalue weighted by atomic mass is 16.5. The molecule has 1 aromatic heterocycles. The van der Waals surface area contributed by atoms with E-state index in [0.29, 0.717) is 23.3 Å². The number of rotatable bonds is 9. The largest absolute Gasteiger partial charge is 0.497 e. The molecule has 0 amide bonds. The van der Waals surface area contributed by atoms with Crippen LogP contribution in [0.5, 0.6) is 5.75 Å². The standard InChI is InChI=1S/C27H29NO5/c1-27(2,3)24(29)17-28-16-22(21-14-13-20(33-4)15-23(21)28)26(32)19-11-9-18(10-12-19)7-5-6-8-25(30)31/h5,7,9-16H,6,8,17H2,1-4H3,(H,30,31)/b7-5+. The van der Waals surface area contributed by atoms with Gasteiger partial charge < -0.3 is 14.4 Å². The Morgan fingerprint density at radius 2 is 1.76 bits per heavy atom. The van der Waals surface area contributed by atoms with Crippen molar-refractivity contribution >= 4 is 34.5 Å². The Kier molecular flexibility index (Phi) is 7.16. The molecule has 0 aliphatic carbocycles. The van der Waals surface area contributed by atoms with Crippen molar-refractivity contribution in [2.75, 3.05) is 7.11 Å². The fraction of sp³-hybridized carbons (Fsp3) is 0.296. The third kappa shape index (κ3) is 5.77. The quantitative estimate of drug-likeness (QED) is 0.446. The molecule has 172 valence electrons. The van der Waals surface area contributed by atoms with Crippen LogP contribution in [0.25, 0.3) is 17.0 Å². The van der Waals surface area contributed by atoms with Gasteiger partial charge in [0.05, 0.1) is 19.2 Å². The molecule has 0 atom stereocenters. The van der Waals surface area contributed by atoms with Crippen molar-refractivity contribution in [2.45, 2.75) is 40.2 Å². The number of benzene rings is 2.